The van der Waals surface area contributed by atoms with E-state index < -0.39 is 0 Å². The number of nitrogens with zero attached hydrogens (tertiary/aromatic N) is 4. The van der Waals surface area contributed by atoms with E-state index in [1.54, 1.807) is 17.9 Å². The maximum absolute atomic E-state index is 11.3. The van der Waals surface area contributed by atoms with Gasteiger partial charge in [0.05, 0.1) is 6.54 Å². The second kappa shape index (κ2) is 5.40. The van der Waals surface area contributed by atoms with Crippen molar-refractivity contribution in [3.05, 3.63) is 12.2 Å². The summed E-state index contributed by atoms with van der Waals surface area (Å²) < 4.78 is 1.80. The van der Waals surface area contributed by atoms with Crippen LogP contribution in [0.4, 0.5) is 0 Å². The molecule has 94 valence electrons. The van der Waals surface area contributed by atoms with Gasteiger partial charge < -0.3 is 0 Å². The van der Waals surface area contributed by atoms with E-state index in [9.17, 15) is 4.79 Å². The molecule has 0 bridgehead atoms. The predicted molar refractivity (Wildman–Crippen MR) is 64.4 cm³/mol. The van der Waals surface area contributed by atoms with Crippen LogP contribution in [0.15, 0.2) is 6.33 Å². The summed E-state index contributed by atoms with van der Waals surface area (Å²) in [6, 6.07) is 0.387. The monoisotopic (exact) mass is 236 g/mol. The number of hydrogen-bond donors (Lipinski definition) is 0. The van der Waals surface area contributed by atoms with Crippen LogP contribution in [0.2, 0.25) is 0 Å². The second-order valence-corrected chi connectivity index (χ2v) is 4.83. The van der Waals surface area contributed by atoms with E-state index in [4.69, 9.17) is 0 Å². The summed E-state index contributed by atoms with van der Waals surface area (Å²) in [6.45, 7) is 3.54. The average molecular weight is 236 g/mol. The molecule has 2 heterocycles. The van der Waals surface area contributed by atoms with Gasteiger partial charge in [0.15, 0.2) is 0 Å². The molecular weight excluding hydrogens is 216 g/mol. The minimum absolute atomic E-state index is 0.278. The third kappa shape index (κ3) is 3.12. The molecule has 2 rings (SSSR count). The smallest absolute Gasteiger partial charge is 0.140 e. The van der Waals surface area contributed by atoms with Crippen LogP contribution >= 0.6 is 0 Å². The van der Waals surface area contributed by atoms with Crippen LogP contribution in [0, 0.1) is 0 Å². The van der Waals surface area contributed by atoms with Crippen LogP contribution in [0.5, 0.6) is 0 Å². The minimum atomic E-state index is 0.278. The zero-order valence-corrected chi connectivity index (χ0v) is 10.6. The average Bonchev–Trinajstić information content (AvgIpc) is 2.67. The van der Waals surface area contributed by atoms with Gasteiger partial charge in [-0.2, -0.15) is 5.10 Å². The Bertz CT molecular complexity index is 388. The molecular formula is C12H20N4O. The standard InChI is InChI=1S/C12H20N4O/c1-10(17)7-11-5-3-4-6-16(11)8-12-13-9-14-15(12)2/h9,11H,3-8H2,1-2H3. The predicted octanol–water partition coefficient (Wildman–Crippen LogP) is 1.15. The normalized spacial score (nSPS) is 21.6. The summed E-state index contributed by atoms with van der Waals surface area (Å²) >= 11 is 0. The molecule has 1 fully saturated rings. The molecule has 0 amide bonds. The fraction of sp³-hybridized carbons (Fsp3) is 0.750. The van der Waals surface area contributed by atoms with E-state index in [1.165, 1.54) is 12.8 Å². The first kappa shape index (κ1) is 12.2. The van der Waals surface area contributed by atoms with Gasteiger partial charge in [-0.3, -0.25) is 14.4 Å². The van der Waals surface area contributed by atoms with E-state index in [2.05, 4.69) is 15.0 Å². The molecule has 0 N–H and O–H groups in total. The second-order valence-electron chi connectivity index (χ2n) is 4.83. The fourth-order valence-corrected chi connectivity index (χ4v) is 2.48. The van der Waals surface area contributed by atoms with Crippen molar-refractivity contribution in [1.29, 1.82) is 0 Å². The van der Waals surface area contributed by atoms with Crippen molar-refractivity contribution in [1.82, 2.24) is 19.7 Å². The number of aryl methyl sites for hydroxylation is 1. The SMILES string of the molecule is CC(=O)CC1CCCCN1Cc1ncnn1C. The molecule has 0 spiro atoms. The lowest BCUT2D eigenvalue weighted by atomic mass is 9.98. The Balaban J connectivity index is 2.01. The molecule has 0 aliphatic carbocycles. The Morgan fingerprint density at radius 1 is 1.53 bits per heavy atom. The summed E-state index contributed by atoms with van der Waals surface area (Å²) in [5.74, 6) is 1.25. The first-order valence-electron chi connectivity index (χ1n) is 6.23. The molecule has 1 aliphatic heterocycles. The highest BCUT2D eigenvalue weighted by Crippen LogP contribution is 2.21. The molecule has 0 aromatic carbocycles. The number of hydrogen-bond acceptors (Lipinski definition) is 4. The number of ketones is 1. The van der Waals surface area contributed by atoms with Crippen molar-refractivity contribution in [3.8, 4) is 0 Å². The minimum Gasteiger partial charge on any atom is -0.300 e. The van der Waals surface area contributed by atoms with Crippen molar-refractivity contribution >= 4 is 5.78 Å². The highest BCUT2D eigenvalue weighted by atomic mass is 16.1. The molecule has 1 aromatic rings. The maximum Gasteiger partial charge on any atom is 0.140 e. The fourth-order valence-electron chi connectivity index (χ4n) is 2.48. The molecule has 0 saturated carbocycles. The lowest BCUT2D eigenvalue weighted by Gasteiger charge is -2.34. The maximum atomic E-state index is 11.3. The molecule has 5 heteroatoms. The highest BCUT2D eigenvalue weighted by Gasteiger charge is 2.24. The summed E-state index contributed by atoms with van der Waals surface area (Å²) in [6.07, 6.45) is 5.81. The van der Waals surface area contributed by atoms with Gasteiger partial charge in [0.1, 0.15) is 17.9 Å². The third-order valence-corrected chi connectivity index (χ3v) is 3.42. The Morgan fingerprint density at radius 3 is 3.00 bits per heavy atom. The first-order chi connectivity index (χ1) is 8.16. The first-order valence-corrected chi connectivity index (χ1v) is 6.23. The van der Waals surface area contributed by atoms with Crippen LogP contribution in [-0.4, -0.2) is 38.0 Å². The number of rotatable bonds is 4. The van der Waals surface area contributed by atoms with Crippen molar-refractivity contribution in [3.63, 3.8) is 0 Å². The number of Topliss-reactive ketones (excluding diaryl/α,β-unsaturated/α-hetero) is 1. The molecule has 5 nitrogen and oxygen atoms in total. The molecule has 1 unspecified atom stereocenters. The van der Waals surface area contributed by atoms with E-state index in [-0.39, 0.29) is 5.78 Å². The third-order valence-electron chi connectivity index (χ3n) is 3.42. The molecule has 0 radical (unpaired) electrons. The van der Waals surface area contributed by atoms with Crippen LogP contribution in [0.1, 0.15) is 38.4 Å². The van der Waals surface area contributed by atoms with E-state index >= 15 is 0 Å². The Morgan fingerprint density at radius 2 is 2.35 bits per heavy atom. The van der Waals surface area contributed by atoms with Crippen LogP contribution in [0.25, 0.3) is 0 Å². The number of likely N-dealkylation sites (tertiary alicyclic amines) is 1. The quantitative estimate of drug-likeness (QED) is 0.787. The topological polar surface area (TPSA) is 51.0 Å². The number of carbonyl (C=O) groups is 1. The molecule has 1 saturated heterocycles. The Hall–Kier alpha value is -1.23. The zero-order valence-electron chi connectivity index (χ0n) is 10.6. The lowest BCUT2D eigenvalue weighted by molar-refractivity contribution is -0.118. The van der Waals surface area contributed by atoms with Gasteiger partial charge in [-0.25, -0.2) is 4.98 Å². The Kier molecular flexibility index (Phi) is 3.89. The van der Waals surface area contributed by atoms with Gasteiger partial charge >= 0.3 is 0 Å². The van der Waals surface area contributed by atoms with Gasteiger partial charge in [0, 0.05) is 19.5 Å². The number of carbonyl (C=O) groups excluding carboxylic acids is 1. The van der Waals surface area contributed by atoms with Crippen molar-refractivity contribution in [2.75, 3.05) is 6.54 Å². The molecule has 1 atom stereocenters. The lowest BCUT2D eigenvalue weighted by Crippen LogP contribution is -2.40. The van der Waals surface area contributed by atoms with E-state index in [0.29, 0.717) is 12.5 Å². The number of piperidine rings is 1. The van der Waals surface area contributed by atoms with E-state index in [0.717, 1.165) is 25.3 Å². The summed E-state index contributed by atoms with van der Waals surface area (Å²) in [7, 11) is 1.91. The van der Waals surface area contributed by atoms with Gasteiger partial charge in [-0.1, -0.05) is 6.42 Å². The summed E-state index contributed by atoms with van der Waals surface area (Å²) in [5, 5.41) is 4.08. The van der Waals surface area contributed by atoms with E-state index in [1.807, 2.05) is 7.05 Å². The molecule has 1 aromatic heterocycles. The van der Waals surface area contributed by atoms with Gasteiger partial charge in [0.2, 0.25) is 0 Å². The highest BCUT2D eigenvalue weighted by molar-refractivity contribution is 5.76. The van der Waals surface area contributed by atoms with Crippen LogP contribution < -0.4 is 0 Å². The molecule has 17 heavy (non-hydrogen) atoms. The van der Waals surface area contributed by atoms with Crippen molar-refractivity contribution in [2.24, 2.45) is 7.05 Å². The van der Waals surface area contributed by atoms with Crippen LogP contribution in [-0.2, 0) is 18.4 Å². The molecule has 1 aliphatic rings. The van der Waals surface area contributed by atoms with Gasteiger partial charge in [-0.15, -0.1) is 0 Å². The summed E-state index contributed by atoms with van der Waals surface area (Å²) in [4.78, 5) is 17.9. The Labute approximate surface area is 102 Å². The van der Waals surface area contributed by atoms with Gasteiger partial charge in [0.25, 0.3) is 0 Å². The van der Waals surface area contributed by atoms with Crippen LogP contribution in [0.3, 0.4) is 0 Å². The van der Waals surface area contributed by atoms with Crippen molar-refractivity contribution in [2.45, 2.75) is 45.2 Å². The van der Waals surface area contributed by atoms with Gasteiger partial charge in [-0.05, 0) is 26.3 Å². The van der Waals surface area contributed by atoms with Crippen molar-refractivity contribution < 1.29 is 4.79 Å². The number of aromatic nitrogens is 3. The zero-order chi connectivity index (χ0) is 12.3. The summed E-state index contributed by atoms with van der Waals surface area (Å²) in [5.41, 5.74) is 0. The largest absolute Gasteiger partial charge is 0.300 e.